The SMILES string of the molecule is O=P1([O-])OCCCCCCO1.[Na+]. The molecule has 6 heteroatoms. The summed E-state index contributed by atoms with van der Waals surface area (Å²) in [5, 5.41) is 0. The predicted octanol–water partition coefficient (Wildman–Crippen LogP) is -1.93. The Balaban J connectivity index is 0.00000121. The number of hydrogen-bond acceptors (Lipinski definition) is 4. The molecule has 1 heterocycles. The average molecular weight is 202 g/mol. The minimum atomic E-state index is -3.94. The van der Waals surface area contributed by atoms with Crippen molar-refractivity contribution < 1.29 is 48.1 Å². The molecule has 0 aromatic rings. The summed E-state index contributed by atoms with van der Waals surface area (Å²) in [7, 11) is -3.94. The van der Waals surface area contributed by atoms with E-state index in [1.165, 1.54) is 0 Å². The Hall–Kier alpha value is 1.11. The van der Waals surface area contributed by atoms with Crippen molar-refractivity contribution in [2.75, 3.05) is 13.2 Å². The average Bonchev–Trinajstić information content (AvgIpc) is 2.00. The Morgan fingerprint density at radius 1 is 1.00 bits per heavy atom. The standard InChI is InChI=1S/C6H13O4P.Na/c7-11(8)9-5-3-1-2-4-6-10-11;/h1-6H2,(H,7,8);/q;+1/p-1. The molecule has 0 amide bonds. The summed E-state index contributed by atoms with van der Waals surface area (Å²) < 4.78 is 19.8. The molecule has 1 aliphatic rings. The van der Waals surface area contributed by atoms with Gasteiger partial charge in [-0.15, -0.1) is 0 Å². The fourth-order valence-corrected chi connectivity index (χ4v) is 1.73. The van der Waals surface area contributed by atoms with E-state index in [0.29, 0.717) is 0 Å². The molecule has 66 valence electrons. The van der Waals surface area contributed by atoms with Gasteiger partial charge in [0.25, 0.3) is 7.82 Å². The van der Waals surface area contributed by atoms with Crippen molar-refractivity contribution in [3.63, 3.8) is 0 Å². The predicted molar refractivity (Wildman–Crippen MR) is 38.0 cm³/mol. The van der Waals surface area contributed by atoms with E-state index < -0.39 is 7.82 Å². The number of hydrogen-bond donors (Lipinski definition) is 0. The molecule has 0 unspecified atom stereocenters. The largest absolute Gasteiger partial charge is 1.00 e. The molecule has 0 radical (unpaired) electrons. The summed E-state index contributed by atoms with van der Waals surface area (Å²) in [4.78, 5) is 10.8. The molecular formula is C6H12NaO4P. The smallest absolute Gasteiger partial charge is 0.756 e. The topological polar surface area (TPSA) is 58.6 Å². The van der Waals surface area contributed by atoms with Crippen LogP contribution in [0, 0.1) is 0 Å². The van der Waals surface area contributed by atoms with E-state index in [9.17, 15) is 9.46 Å². The maximum absolute atomic E-state index is 10.8. The van der Waals surface area contributed by atoms with Crippen molar-refractivity contribution in [2.45, 2.75) is 25.7 Å². The van der Waals surface area contributed by atoms with Gasteiger partial charge in [0.15, 0.2) is 0 Å². The van der Waals surface area contributed by atoms with Crippen LogP contribution >= 0.6 is 7.82 Å². The van der Waals surface area contributed by atoms with Crippen LogP contribution in [0.15, 0.2) is 0 Å². The molecule has 0 aromatic heterocycles. The third kappa shape index (κ3) is 5.70. The van der Waals surface area contributed by atoms with Gasteiger partial charge in [0.2, 0.25) is 0 Å². The van der Waals surface area contributed by atoms with Crippen LogP contribution in [-0.4, -0.2) is 13.2 Å². The minimum Gasteiger partial charge on any atom is -0.756 e. The van der Waals surface area contributed by atoms with Gasteiger partial charge in [0.1, 0.15) is 0 Å². The Kier molecular flexibility index (Phi) is 7.15. The fourth-order valence-electron chi connectivity index (χ4n) is 0.948. The number of rotatable bonds is 0. The Labute approximate surface area is 94.5 Å². The first-order chi connectivity index (χ1) is 5.21. The van der Waals surface area contributed by atoms with Gasteiger partial charge in [-0.2, -0.15) is 0 Å². The minimum absolute atomic E-state index is 0. The van der Waals surface area contributed by atoms with Crippen LogP contribution in [0.1, 0.15) is 25.7 Å². The molecule has 0 spiro atoms. The zero-order chi connectivity index (χ0) is 8.16. The van der Waals surface area contributed by atoms with Crippen LogP contribution in [0.25, 0.3) is 0 Å². The van der Waals surface area contributed by atoms with Crippen molar-refractivity contribution in [1.82, 2.24) is 0 Å². The quantitative estimate of drug-likeness (QED) is 0.339. The first kappa shape index (κ1) is 13.1. The molecule has 1 fully saturated rings. The van der Waals surface area contributed by atoms with Gasteiger partial charge in [0.05, 0.1) is 13.2 Å². The van der Waals surface area contributed by atoms with Crippen LogP contribution in [0.2, 0.25) is 0 Å². The van der Waals surface area contributed by atoms with Crippen molar-refractivity contribution in [1.29, 1.82) is 0 Å². The van der Waals surface area contributed by atoms with Gasteiger partial charge in [0, 0.05) is 0 Å². The molecule has 1 rings (SSSR count). The monoisotopic (exact) mass is 202 g/mol. The first-order valence-electron chi connectivity index (χ1n) is 3.81. The summed E-state index contributed by atoms with van der Waals surface area (Å²) in [5.74, 6) is 0. The van der Waals surface area contributed by atoms with Gasteiger partial charge in [-0.3, -0.25) is 4.57 Å². The fraction of sp³-hybridized carbons (Fsp3) is 1.00. The Morgan fingerprint density at radius 3 is 1.83 bits per heavy atom. The van der Waals surface area contributed by atoms with Gasteiger partial charge >= 0.3 is 29.6 Å². The van der Waals surface area contributed by atoms with Crippen LogP contribution < -0.4 is 34.5 Å². The molecule has 0 N–H and O–H groups in total. The summed E-state index contributed by atoms with van der Waals surface area (Å²) in [6.45, 7) is 0.529. The molecule has 0 bridgehead atoms. The third-order valence-corrected chi connectivity index (χ3v) is 2.54. The number of phosphoric acid groups is 1. The zero-order valence-electron chi connectivity index (χ0n) is 7.32. The van der Waals surface area contributed by atoms with Crippen LogP contribution in [0.3, 0.4) is 0 Å². The molecule has 0 aliphatic carbocycles. The molecule has 1 aliphatic heterocycles. The second-order valence-corrected chi connectivity index (χ2v) is 3.94. The second kappa shape index (κ2) is 6.55. The van der Waals surface area contributed by atoms with E-state index in [0.717, 1.165) is 25.7 Å². The van der Waals surface area contributed by atoms with E-state index in [1.54, 1.807) is 0 Å². The van der Waals surface area contributed by atoms with E-state index in [1.807, 2.05) is 0 Å². The Morgan fingerprint density at radius 2 is 1.42 bits per heavy atom. The molecule has 0 aromatic carbocycles. The summed E-state index contributed by atoms with van der Waals surface area (Å²) in [6.07, 6.45) is 3.64. The number of phosphoric ester groups is 1. The van der Waals surface area contributed by atoms with Gasteiger partial charge in [-0.1, -0.05) is 12.8 Å². The van der Waals surface area contributed by atoms with Crippen molar-refractivity contribution >= 4 is 7.82 Å². The van der Waals surface area contributed by atoms with E-state index in [4.69, 9.17) is 0 Å². The van der Waals surface area contributed by atoms with Crippen LogP contribution in [0.5, 0.6) is 0 Å². The molecular weight excluding hydrogens is 190 g/mol. The summed E-state index contributed by atoms with van der Waals surface area (Å²) >= 11 is 0. The van der Waals surface area contributed by atoms with Crippen molar-refractivity contribution in [3.05, 3.63) is 0 Å². The van der Waals surface area contributed by atoms with Crippen LogP contribution in [-0.2, 0) is 13.6 Å². The molecule has 0 saturated carbocycles. The molecule has 1 saturated heterocycles. The first-order valence-corrected chi connectivity index (χ1v) is 5.27. The maximum atomic E-state index is 10.8. The maximum Gasteiger partial charge on any atom is 1.00 e. The van der Waals surface area contributed by atoms with Crippen molar-refractivity contribution in [3.8, 4) is 0 Å². The third-order valence-electron chi connectivity index (χ3n) is 1.54. The second-order valence-electron chi connectivity index (χ2n) is 2.53. The molecule has 4 nitrogen and oxygen atoms in total. The normalized spacial score (nSPS) is 24.4. The van der Waals surface area contributed by atoms with Gasteiger partial charge in [-0.25, -0.2) is 0 Å². The zero-order valence-corrected chi connectivity index (χ0v) is 10.2. The molecule has 12 heavy (non-hydrogen) atoms. The van der Waals surface area contributed by atoms with E-state index in [2.05, 4.69) is 9.05 Å². The van der Waals surface area contributed by atoms with Crippen LogP contribution in [0.4, 0.5) is 0 Å². The van der Waals surface area contributed by atoms with Gasteiger partial charge < -0.3 is 13.9 Å². The molecule has 0 atom stereocenters. The summed E-state index contributed by atoms with van der Waals surface area (Å²) in [5.41, 5.74) is 0. The summed E-state index contributed by atoms with van der Waals surface area (Å²) in [6, 6.07) is 0. The van der Waals surface area contributed by atoms with Crippen molar-refractivity contribution in [2.24, 2.45) is 0 Å². The van der Waals surface area contributed by atoms with Gasteiger partial charge in [-0.05, 0) is 12.8 Å². The Bertz CT molecular complexity index is 150. The van der Waals surface area contributed by atoms with E-state index >= 15 is 0 Å². The van der Waals surface area contributed by atoms with E-state index in [-0.39, 0.29) is 42.8 Å².